The van der Waals surface area contributed by atoms with E-state index in [9.17, 15) is 10.1 Å². The summed E-state index contributed by atoms with van der Waals surface area (Å²) in [7, 11) is 0. The summed E-state index contributed by atoms with van der Waals surface area (Å²) in [6.07, 6.45) is 0. The van der Waals surface area contributed by atoms with Gasteiger partial charge in [-0.05, 0) is 24.4 Å². The van der Waals surface area contributed by atoms with E-state index >= 15 is 0 Å². The van der Waals surface area contributed by atoms with Gasteiger partial charge in [0.2, 0.25) is 5.11 Å². The molecule has 1 aliphatic carbocycles. The lowest BCUT2D eigenvalue weighted by Gasteiger charge is -2.04. The van der Waals surface area contributed by atoms with E-state index in [1.165, 1.54) is 6.07 Å². The van der Waals surface area contributed by atoms with Crippen LogP contribution in [0.2, 0.25) is 0 Å². The largest absolute Gasteiger partial charge is 0.373 e. The number of rotatable bonds is 2. The Morgan fingerprint density at radius 1 is 1.24 bits per heavy atom. The van der Waals surface area contributed by atoms with Crippen LogP contribution in [0.4, 0.5) is 11.4 Å². The molecule has 25 heavy (non-hydrogen) atoms. The minimum Gasteiger partial charge on any atom is -0.373 e. The number of nitrogens with one attached hydrogen (secondary N) is 1. The summed E-state index contributed by atoms with van der Waals surface area (Å²) in [4.78, 5) is 18.9. The zero-order valence-electron chi connectivity index (χ0n) is 12.6. The van der Waals surface area contributed by atoms with E-state index in [1.807, 2.05) is 24.3 Å². The summed E-state index contributed by atoms with van der Waals surface area (Å²) < 4.78 is 0. The Kier molecular flexibility index (Phi) is 3.36. The highest BCUT2D eigenvalue weighted by atomic mass is 32.1. The number of H-pyrrole nitrogens is 1. The second kappa shape index (κ2) is 5.56. The molecule has 0 amide bonds. The van der Waals surface area contributed by atoms with Gasteiger partial charge >= 0.3 is 0 Å². The van der Waals surface area contributed by atoms with Crippen molar-refractivity contribution in [2.24, 2.45) is 16.0 Å². The van der Waals surface area contributed by atoms with Crippen LogP contribution in [0.1, 0.15) is 0 Å². The fraction of sp³-hybridized carbons (Fsp3) is 0. The second-order valence-electron chi connectivity index (χ2n) is 5.32. The molecule has 3 N–H and O–H groups in total. The van der Waals surface area contributed by atoms with E-state index in [4.69, 9.17) is 18.0 Å². The summed E-state index contributed by atoms with van der Waals surface area (Å²) in [5.41, 5.74) is 8.25. The van der Waals surface area contributed by atoms with Gasteiger partial charge in [0.05, 0.1) is 32.7 Å². The zero-order chi connectivity index (χ0) is 17.6. The van der Waals surface area contributed by atoms with Gasteiger partial charge in [0.25, 0.3) is 5.69 Å². The molecule has 4 rings (SSSR count). The summed E-state index contributed by atoms with van der Waals surface area (Å²) in [6, 6.07) is 12.3. The number of nitrogens with two attached hydrogens (primary N) is 1. The topological polar surface area (TPSA) is 123 Å². The van der Waals surface area contributed by atoms with Crippen LogP contribution in [0, 0.1) is 10.1 Å². The number of nitro benzene ring substituents is 1. The summed E-state index contributed by atoms with van der Waals surface area (Å²) >= 11 is 4.73. The van der Waals surface area contributed by atoms with E-state index < -0.39 is 4.92 Å². The number of non-ortho nitro benzene ring substituents is 1. The van der Waals surface area contributed by atoms with Crippen LogP contribution in [0.5, 0.6) is 0 Å². The van der Waals surface area contributed by atoms with Gasteiger partial charge in [-0.25, -0.2) is 4.98 Å². The number of fused-ring (bicyclic) bond motifs is 4. The molecule has 2 aliphatic rings. The van der Waals surface area contributed by atoms with E-state index in [1.54, 1.807) is 12.1 Å². The van der Waals surface area contributed by atoms with Gasteiger partial charge in [-0.15, -0.1) is 10.2 Å². The smallest absolute Gasteiger partial charge is 0.279 e. The number of azo groups is 1. The maximum Gasteiger partial charge on any atom is 0.279 e. The maximum atomic E-state index is 11.5. The highest BCUT2D eigenvalue weighted by Crippen LogP contribution is 2.47. The Morgan fingerprint density at radius 3 is 2.80 bits per heavy atom. The normalized spacial score (nSPS) is 11.7. The lowest BCUT2D eigenvalue weighted by molar-refractivity contribution is -0.383. The van der Waals surface area contributed by atoms with Gasteiger partial charge in [0.1, 0.15) is 5.69 Å². The highest BCUT2D eigenvalue weighted by molar-refractivity contribution is 7.80. The Balaban J connectivity index is 2.21. The summed E-state index contributed by atoms with van der Waals surface area (Å²) in [6.45, 7) is 0. The number of hydrogen-bond donors (Lipinski definition) is 2. The van der Waals surface area contributed by atoms with Gasteiger partial charge < -0.3 is 10.7 Å². The van der Waals surface area contributed by atoms with Crippen LogP contribution in [-0.4, -0.2) is 20.0 Å². The van der Waals surface area contributed by atoms with Crippen LogP contribution < -0.4 is 5.73 Å². The fourth-order valence-corrected chi connectivity index (χ4v) is 2.92. The lowest BCUT2D eigenvalue weighted by atomic mass is 10.2. The molecule has 9 heteroatoms. The monoisotopic (exact) mass is 350 g/mol. The van der Waals surface area contributed by atoms with Crippen molar-refractivity contribution < 1.29 is 4.92 Å². The van der Waals surface area contributed by atoms with Crippen molar-refractivity contribution in [1.82, 2.24) is 9.97 Å². The average Bonchev–Trinajstić information content (AvgIpc) is 2.90. The first-order chi connectivity index (χ1) is 12.1. The lowest BCUT2D eigenvalue weighted by Crippen LogP contribution is -2.01. The van der Waals surface area contributed by atoms with Gasteiger partial charge in [-0.2, -0.15) is 0 Å². The maximum absolute atomic E-state index is 11.5. The molecule has 1 aliphatic heterocycles. The minimum atomic E-state index is -0.458. The molecule has 0 spiro atoms. The Labute approximate surface area is 145 Å². The standard InChI is InChI=1S/C16H10N6O2S/c17-16(25)21-20-14-12-8(4-3-7-11(12)22(23)24)13-15(14)19-10-6-2-1-5-9(10)18-13/h1-7,19H,(H2,17,25). The average molecular weight is 350 g/mol. The number of nitrogens with zero attached hydrogens (tertiary/aromatic N) is 4. The minimum absolute atomic E-state index is 0.0788. The predicted molar refractivity (Wildman–Crippen MR) is 98.2 cm³/mol. The van der Waals surface area contributed by atoms with Crippen molar-refractivity contribution in [2.75, 3.05) is 0 Å². The van der Waals surface area contributed by atoms with Gasteiger partial charge in [-0.3, -0.25) is 10.1 Å². The molecule has 8 nitrogen and oxygen atoms in total. The van der Waals surface area contributed by atoms with Crippen molar-refractivity contribution in [2.45, 2.75) is 0 Å². The van der Waals surface area contributed by atoms with Crippen LogP contribution >= 0.6 is 12.2 Å². The number of hydrogen-bond acceptors (Lipinski definition) is 5. The van der Waals surface area contributed by atoms with Crippen LogP contribution in [-0.2, 0) is 0 Å². The number of aromatic nitrogens is 2. The number of para-hydroxylation sites is 2. The van der Waals surface area contributed by atoms with Gasteiger partial charge in [-0.1, -0.05) is 24.3 Å². The first-order valence-electron chi connectivity index (χ1n) is 7.25. The van der Waals surface area contributed by atoms with Crippen molar-refractivity contribution in [3.05, 3.63) is 52.6 Å². The van der Waals surface area contributed by atoms with E-state index in [2.05, 4.69) is 20.2 Å². The summed E-state index contributed by atoms with van der Waals surface area (Å²) in [5.74, 6) is 0. The molecule has 0 unspecified atom stereocenters. The summed E-state index contributed by atoms with van der Waals surface area (Å²) in [5, 5.41) is 20.0. The highest BCUT2D eigenvalue weighted by Gasteiger charge is 2.27. The Hall–Kier alpha value is -3.46. The molecule has 0 radical (unpaired) electrons. The van der Waals surface area contributed by atoms with E-state index in [0.717, 1.165) is 11.0 Å². The van der Waals surface area contributed by atoms with Crippen molar-refractivity contribution >= 4 is 50.5 Å². The van der Waals surface area contributed by atoms with Gasteiger partial charge in [0.15, 0.2) is 0 Å². The third-order valence-corrected chi connectivity index (χ3v) is 3.93. The van der Waals surface area contributed by atoms with Crippen LogP contribution in [0.15, 0.2) is 52.7 Å². The predicted octanol–water partition coefficient (Wildman–Crippen LogP) is 4.06. The first-order valence-corrected chi connectivity index (χ1v) is 7.66. The number of benzene rings is 2. The third kappa shape index (κ3) is 2.37. The van der Waals surface area contributed by atoms with Crippen molar-refractivity contribution in [3.8, 4) is 11.4 Å². The van der Waals surface area contributed by atoms with Crippen molar-refractivity contribution in [1.29, 1.82) is 0 Å². The molecule has 0 atom stereocenters. The fourth-order valence-electron chi connectivity index (χ4n) is 2.88. The molecule has 0 saturated heterocycles. The molecule has 1 heterocycles. The SMILES string of the molecule is NC(=S)N=Nc1c2[nH]c3ccccc3nc-2c2cccc([N+](=O)[O-])c12. The molecular formula is C16H10N6O2S. The number of thiocarbonyl (C=S) groups is 1. The molecular weight excluding hydrogens is 340 g/mol. The molecule has 0 bridgehead atoms. The second-order valence-corrected chi connectivity index (χ2v) is 5.74. The van der Waals surface area contributed by atoms with Gasteiger partial charge in [0, 0.05) is 11.5 Å². The van der Waals surface area contributed by atoms with Crippen molar-refractivity contribution in [3.63, 3.8) is 0 Å². The van der Waals surface area contributed by atoms with E-state index in [0.29, 0.717) is 27.8 Å². The third-order valence-electron chi connectivity index (χ3n) is 3.85. The van der Waals surface area contributed by atoms with E-state index in [-0.39, 0.29) is 10.8 Å². The zero-order valence-corrected chi connectivity index (χ0v) is 13.4. The number of aromatic amines is 1. The molecule has 0 aromatic heterocycles. The molecule has 2 aromatic carbocycles. The molecule has 0 saturated carbocycles. The molecule has 0 fully saturated rings. The molecule has 122 valence electrons. The first kappa shape index (κ1) is 15.1. The Bertz CT molecular complexity index is 1170. The number of nitro groups is 1. The Morgan fingerprint density at radius 2 is 2.04 bits per heavy atom. The quantitative estimate of drug-likeness (QED) is 0.244. The van der Waals surface area contributed by atoms with Crippen LogP contribution in [0.25, 0.3) is 33.2 Å². The van der Waals surface area contributed by atoms with Crippen LogP contribution in [0.3, 0.4) is 0 Å². The molecule has 2 aromatic rings.